The summed E-state index contributed by atoms with van der Waals surface area (Å²) in [6.45, 7) is 3.49. The molecule has 10 nitrogen and oxygen atoms in total. The number of carbonyl (C=O) groups is 1. The van der Waals surface area contributed by atoms with E-state index in [2.05, 4.69) is 25.9 Å². The van der Waals surface area contributed by atoms with Crippen LogP contribution in [0.25, 0.3) is 0 Å². The van der Waals surface area contributed by atoms with Gasteiger partial charge in [0.1, 0.15) is 39.4 Å². The lowest BCUT2D eigenvalue weighted by Crippen LogP contribution is -2.29. The van der Waals surface area contributed by atoms with Crippen LogP contribution in [0.5, 0.6) is 0 Å². The van der Waals surface area contributed by atoms with E-state index in [-0.39, 0.29) is 18.2 Å². The molecular weight excluding hydrogens is 366 g/mol. The summed E-state index contributed by atoms with van der Waals surface area (Å²) in [5.74, 6) is -0.380. The monoisotopic (exact) mass is 391 g/mol. The maximum Gasteiger partial charge on any atom is 0.273 e. The van der Waals surface area contributed by atoms with Crippen molar-refractivity contribution in [3.05, 3.63) is 35.4 Å². The fraction of sp³-hybridized carbons (Fsp3) is 0.389. The van der Waals surface area contributed by atoms with E-state index < -0.39 is 0 Å². The van der Waals surface area contributed by atoms with Gasteiger partial charge in [0.25, 0.3) is 5.91 Å². The molecule has 0 atom stereocenters. The van der Waals surface area contributed by atoms with Gasteiger partial charge in [0.05, 0.1) is 0 Å². The molecule has 0 saturated heterocycles. The number of hydrogen-bond donors (Lipinski definition) is 1. The Balaban J connectivity index is 3.06. The number of nitrogens with zero attached hydrogens (tertiary/aromatic N) is 4. The number of oxime groups is 4. The van der Waals surface area contributed by atoms with Gasteiger partial charge in [0, 0.05) is 18.2 Å². The molecule has 10 heteroatoms. The second-order valence-corrected chi connectivity index (χ2v) is 5.29. The smallest absolute Gasteiger partial charge is 0.273 e. The first-order valence-corrected chi connectivity index (χ1v) is 8.27. The molecule has 1 amide bonds. The minimum atomic E-state index is -0.380. The molecule has 0 unspecified atom stereocenters. The Labute approximate surface area is 163 Å². The Hall–Kier alpha value is -3.43. The van der Waals surface area contributed by atoms with E-state index in [0.29, 0.717) is 28.3 Å². The van der Waals surface area contributed by atoms with Crippen LogP contribution in [-0.4, -0.2) is 57.1 Å². The van der Waals surface area contributed by atoms with E-state index in [1.807, 2.05) is 6.07 Å². The molecule has 0 aliphatic carbocycles. The molecule has 0 aliphatic heterocycles. The van der Waals surface area contributed by atoms with Crippen LogP contribution >= 0.6 is 0 Å². The first-order valence-electron chi connectivity index (χ1n) is 8.27. The van der Waals surface area contributed by atoms with Gasteiger partial charge in [-0.05, 0) is 13.8 Å². The van der Waals surface area contributed by atoms with E-state index in [1.54, 1.807) is 32.0 Å². The van der Waals surface area contributed by atoms with Gasteiger partial charge in [-0.1, -0.05) is 44.9 Å². The summed E-state index contributed by atoms with van der Waals surface area (Å²) >= 11 is 0. The average Bonchev–Trinajstić information content (AvgIpc) is 2.70. The summed E-state index contributed by atoms with van der Waals surface area (Å²) in [4.78, 5) is 31.9. The molecule has 0 fully saturated rings. The van der Waals surface area contributed by atoms with Gasteiger partial charge in [-0.25, -0.2) is 0 Å². The normalized spacial score (nSPS) is 13.1. The molecule has 28 heavy (non-hydrogen) atoms. The van der Waals surface area contributed by atoms with Crippen LogP contribution in [0.4, 0.5) is 0 Å². The molecular formula is C18H25N5O5. The highest BCUT2D eigenvalue weighted by Gasteiger charge is 2.17. The molecule has 152 valence electrons. The molecule has 0 spiro atoms. The predicted octanol–water partition coefficient (Wildman–Crippen LogP) is 1.70. The number of amides is 1. The largest absolute Gasteiger partial charge is 0.399 e. The maximum atomic E-state index is 12.1. The van der Waals surface area contributed by atoms with E-state index >= 15 is 0 Å². The van der Waals surface area contributed by atoms with Crippen molar-refractivity contribution in [1.82, 2.24) is 5.32 Å². The van der Waals surface area contributed by atoms with Crippen molar-refractivity contribution in [2.75, 3.05) is 28.4 Å². The van der Waals surface area contributed by atoms with Crippen LogP contribution in [-0.2, 0) is 30.8 Å². The zero-order chi connectivity index (χ0) is 20.9. The van der Waals surface area contributed by atoms with Gasteiger partial charge >= 0.3 is 0 Å². The molecule has 0 saturated carbocycles. The third-order valence-electron chi connectivity index (χ3n) is 3.41. The fourth-order valence-electron chi connectivity index (χ4n) is 2.21. The van der Waals surface area contributed by atoms with E-state index in [0.717, 1.165) is 0 Å². The molecule has 1 rings (SSSR count). The Morgan fingerprint density at radius 3 is 2.14 bits per heavy atom. The lowest BCUT2D eigenvalue weighted by atomic mass is 10.0. The van der Waals surface area contributed by atoms with Crippen molar-refractivity contribution >= 4 is 28.8 Å². The maximum absolute atomic E-state index is 12.1. The van der Waals surface area contributed by atoms with Crippen LogP contribution in [0.2, 0.25) is 0 Å². The molecule has 1 N–H and O–H groups in total. The third-order valence-corrected chi connectivity index (χ3v) is 3.41. The number of nitrogens with one attached hydrogen (secondary N) is 1. The van der Waals surface area contributed by atoms with Crippen LogP contribution in [0.15, 0.2) is 44.9 Å². The highest BCUT2D eigenvalue weighted by Crippen LogP contribution is 2.13. The van der Waals surface area contributed by atoms with Crippen molar-refractivity contribution in [1.29, 1.82) is 0 Å². The number of rotatable bonds is 10. The molecule has 1 aromatic carbocycles. The summed E-state index contributed by atoms with van der Waals surface area (Å²) in [5, 5.41) is 18.1. The Morgan fingerprint density at radius 1 is 0.929 bits per heavy atom. The van der Waals surface area contributed by atoms with Gasteiger partial charge in [0.15, 0.2) is 11.4 Å². The SMILES string of the molecule is CNC(=O)C(=NOC)c1ccccc1CO/N=C(C)/C(=N/OC)C(/C)=N/OC. The fourth-order valence-corrected chi connectivity index (χ4v) is 2.21. The molecule has 0 aliphatic rings. The van der Waals surface area contributed by atoms with Crippen molar-refractivity contribution in [3.8, 4) is 0 Å². The quantitative estimate of drug-likeness (QED) is 0.481. The zero-order valence-electron chi connectivity index (χ0n) is 16.8. The van der Waals surface area contributed by atoms with Crippen LogP contribution in [0.1, 0.15) is 25.0 Å². The summed E-state index contributed by atoms with van der Waals surface area (Å²) < 4.78 is 0. The summed E-state index contributed by atoms with van der Waals surface area (Å²) in [5.41, 5.74) is 2.70. The average molecular weight is 391 g/mol. The van der Waals surface area contributed by atoms with Crippen molar-refractivity contribution < 1.29 is 24.1 Å². The Kier molecular flexibility index (Phi) is 9.73. The van der Waals surface area contributed by atoms with E-state index in [9.17, 15) is 4.79 Å². The molecule has 0 bridgehead atoms. The van der Waals surface area contributed by atoms with Crippen molar-refractivity contribution in [3.63, 3.8) is 0 Å². The molecule has 1 aromatic rings. The second kappa shape index (κ2) is 12.0. The number of benzene rings is 1. The number of likely N-dealkylation sites (N-methyl/N-ethyl adjacent to an activating group) is 1. The van der Waals surface area contributed by atoms with Crippen LogP contribution in [0, 0.1) is 0 Å². The van der Waals surface area contributed by atoms with Gasteiger partial charge < -0.3 is 24.7 Å². The predicted molar refractivity (Wildman–Crippen MR) is 107 cm³/mol. The Morgan fingerprint density at radius 2 is 1.54 bits per heavy atom. The number of carbonyl (C=O) groups excluding carboxylic acids is 1. The Bertz CT molecular complexity index is 786. The molecule has 0 heterocycles. The van der Waals surface area contributed by atoms with Crippen LogP contribution < -0.4 is 5.32 Å². The number of hydrogen-bond acceptors (Lipinski definition) is 9. The van der Waals surface area contributed by atoms with Crippen molar-refractivity contribution in [2.45, 2.75) is 20.5 Å². The van der Waals surface area contributed by atoms with Gasteiger partial charge in [-0.3, -0.25) is 4.79 Å². The minimum Gasteiger partial charge on any atom is -0.399 e. The van der Waals surface area contributed by atoms with E-state index in [4.69, 9.17) is 19.4 Å². The van der Waals surface area contributed by atoms with Gasteiger partial charge in [-0.15, -0.1) is 0 Å². The van der Waals surface area contributed by atoms with Gasteiger partial charge in [-0.2, -0.15) is 0 Å². The first-order chi connectivity index (χ1) is 13.5. The summed E-state index contributed by atoms with van der Waals surface area (Å²) in [6.07, 6.45) is 0. The molecule has 0 radical (unpaired) electrons. The molecule has 0 aromatic heterocycles. The van der Waals surface area contributed by atoms with E-state index in [1.165, 1.54) is 28.4 Å². The standard InChI is InChI=1S/C18H25N5O5/c1-12(20-25-4)16(22-26-5)13(2)21-28-11-14-9-7-8-10-15(14)17(23-27-6)18(24)19-3/h7-10H,11H2,1-6H3,(H,19,24)/b20-12+,21-13+,22-16+,23-17?. The highest BCUT2D eigenvalue weighted by atomic mass is 16.6. The topological polar surface area (TPSA) is 115 Å². The lowest BCUT2D eigenvalue weighted by molar-refractivity contribution is -0.114. The van der Waals surface area contributed by atoms with Crippen molar-refractivity contribution in [2.24, 2.45) is 20.6 Å². The zero-order valence-corrected chi connectivity index (χ0v) is 16.8. The second-order valence-electron chi connectivity index (χ2n) is 5.29. The minimum absolute atomic E-state index is 0.0912. The highest BCUT2D eigenvalue weighted by molar-refractivity contribution is 6.67. The van der Waals surface area contributed by atoms with Gasteiger partial charge in [0.2, 0.25) is 0 Å². The first kappa shape index (κ1) is 22.6. The third kappa shape index (κ3) is 6.38. The summed E-state index contributed by atoms with van der Waals surface area (Å²) in [7, 11) is 5.73. The summed E-state index contributed by atoms with van der Waals surface area (Å²) in [6, 6.07) is 7.15. The van der Waals surface area contributed by atoms with Crippen LogP contribution in [0.3, 0.4) is 0 Å². The lowest BCUT2D eigenvalue weighted by Gasteiger charge is -2.10.